The monoisotopic (exact) mass is 251 g/mol. The Balaban J connectivity index is 1.99. The van der Waals surface area contributed by atoms with Crippen LogP contribution in [-0.2, 0) is 0 Å². The molecule has 0 radical (unpaired) electrons. The van der Waals surface area contributed by atoms with Gasteiger partial charge in [0.2, 0.25) is 0 Å². The third-order valence-corrected chi connectivity index (χ3v) is 4.53. The van der Waals surface area contributed by atoms with Crippen LogP contribution in [0.3, 0.4) is 0 Å². The second kappa shape index (κ2) is 4.15. The van der Waals surface area contributed by atoms with E-state index in [1.54, 1.807) is 18.1 Å². The number of aliphatic hydroxyl groups excluding tert-OH is 1. The lowest BCUT2D eigenvalue weighted by molar-refractivity contribution is 0.292. The molecule has 0 unspecified atom stereocenters. The molecule has 0 amide bonds. The number of hydrogen-bond donors (Lipinski definition) is 2. The van der Waals surface area contributed by atoms with E-state index in [0.717, 1.165) is 18.5 Å². The van der Waals surface area contributed by atoms with Gasteiger partial charge in [-0.1, -0.05) is 0 Å². The first-order valence-electron chi connectivity index (χ1n) is 5.49. The molecule has 0 bridgehead atoms. The molecule has 3 N–H and O–H groups in total. The van der Waals surface area contributed by atoms with Crippen molar-refractivity contribution in [1.82, 2.24) is 19.5 Å². The van der Waals surface area contributed by atoms with Gasteiger partial charge in [0, 0.05) is 5.25 Å². The summed E-state index contributed by atoms with van der Waals surface area (Å²) in [4.78, 5) is 12.4. The zero-order chi connectivity index (χ0) is 11.8. The Morgan fingerprint density at radius 2 is 2.29 bits per heavy atom. The molecule has 1 fully saturated rings. The average Bonchev–Trinajstić information content (AvgIpc) is 2.94. The van der Waals surface area contributed by atoms with Gasteiger partial charge in [0.15, 0.2) is 11.5 Å². The number of hydrogen-bond acceptors (Lipinski definition) is 6. The minimum atomic E-state index is 0.227. The molecule has 0 aromatic carbocycles. The lowest BCUT2D eigenvalue weighted by Gasteiger charge is -2.11. The smallest absolute Gasteiger partial charge is 0.166 e. The van der Waals surface area contributed by atoms with Crippen molar-refractivity contribution in [2.75, 3.05) is 12.3 Å². The number of aromatic nitrogens is 4. The molecule has 1 aliphatic rings. The van der Waals surface area contributed by atoms with Gasteiger partial charge < -0.3 is 15.4 Å². The van der Waals surface area contributed by atoms with Crippen LogP contribution >= 0.6 is 11.8 Å². The molecule has 0 spiro atoms. The lowest BCUT2D eigenvalue weighted by Crippen LogP contribution is -2.04. The van der Waals surface area contributed by atoms with Gasteiger partial charge in [0.25, 0.3) is 0 Å². The van der Waals surface area contributed by atoms with E-state index in [-0.39, 0.29) is 12.0 Å². The maximum absolute atomic E-state index is 9.15. The van der Waals surface area contributed by atoms with Crippen molar-refractivity contribution in [1.29, 1.82) is 0 Å². The number of nitrogens with two attached hydrogens (primary N) is 1. The summed E-state index contributed by atoms with van der Waals surface area (Å²) >= 11 is 1.76. The van der Waals surface area contributed by atoms with E-state index in [4.69, 9.17) is 10.8 Å². The maximum Gasteiger partial charge on any atom is 0.166 e. The van der Waals surface area contributed by atoms with E-state index in [1.807, 2.05) is 4.57 Å². The Labute approximate surface area is 102 Å². The van der Waals surface area contributed by atoms with Crippen LogP contribution in [0.4, 0.5) is 5.82 Å². The van der Waals surface area contributed by atoms with Gasteiger partial charge in [-0.3, -0.25) is 0 Å². The van der Waals surface area contributed by atoms with Gasteiger partial charge in [0.1, 0.15) is 11.8 Å². The minimum absolute atomic E-state index is 0.227. The average molecular weight is 251 g/mol. The van der Waals surface area contributed by atoms with E-state index in [9.17, 15) is 0 Å². The summed E-state index contributed by atoms with van der Waals surface area (Å²) in [7, 11) is 0. The van der Waals surface area contributed by atoms with Crippen LogP contribution in [0.25, 0.3) is 11.2 Å². The van der Waals surface area contributed by atoms with Crippen LogP contribution in [-0.4, -0.2) is 36.5 Å². The molecular formula is C10H13N5OS. The number of rotatable bonds is 2. The predicted molar refractivity (Wildman–Crippen MR) is 66.5 cm³/mol. The molecule has 3 rings (SSSR count). The highest BCUT2D eigenvalue weighted by Crippen LogP contribution is 2.42. The number of nitrogens with zero attached hydrogens (tertiary/aromatic N) is 4. The number of fused-ring (bicyclic) bond motifs is 1. The zero-order valence-corrected chi connectivity index (χ0v) is 9.97. The van der Waals surface area contributed by atoms with Gasteiger partial charge in [-0.15, -0.1) is 11.8 Å². The molecule has 6 nitrogen and oxygen atoms in total. The first-order chi connectivity index (χ1) is 8.29. The van der Waals surface area contributed by atoms with Gasteiger partial charge in [-0.05, 0) is 12.8 Å². The highest BCUT2D eigenvalue weighted by Gasteiger charge is 2.27. The summed E-state index contributed by atoms with van der Waals surface area (Å²) in [5.74, 6) is 0.412. The van der Waals surface area contributed by atoms with Crippen LogP contribution in [0.15, 0.2) is 12.7 Å². The standard InChI is InChI=1S/C10H13N5OS/c11-9-8-10(13-4-12-9)15(5-14-8)7-2-1-6(3-16)17-7/h4-7,16H,1-3H2,(H2,11,12,13)/t6-,7+/m1/s1. The third kappa shape index (κ3) is 1.75. The number of thioether (sulfide) groups is 1. The molecule has 17 heavy (non-hydrogen) atoms. The third-order valence-electron chi connectivity index (χ3n) is 2.99. The fraction of sp³-hybridized carbons (Fsp3) is 0.500. The van der Waals surface area contributed by atoms with Crippen molar-refractivity contribution in [2.45, 2.75) is 23.5 Å². The van der Waals surface area contributed by atoms with Crippen molar-refractivity contribution >= 4 is 28.7 Å². The molecule has 2 aromatic rings. The molecule has 0 aliphatic carbocycles. The molecule has 3 heterocycles. The topological polar surface area (TPSA) is 89.9 Å². The SMILES string of the molecule is Nc1ncnc2c1ncn2[C@@H]1CC[C@H](CO)S1. The van der Waals surface area contributed by atoms with E-state index in [0.29, 0.717) is 16.6 Å². The van der Waals surface area contributed by atoms with Crippen molar-refractivity contribution in [3.05, 3.63) is 12.7 Å². The fourth-order valence-electron chi connectivity index (χ4n) is 2.11. The zero-order valence-electron chi connectivity index (χ0n) is 9.15. The first-order valence-corrected chi connectivity index (χ1v) is 6.43. The van der Waals surface area contributed by atoms with E-state index >= 15 is 0 Å². The van der Waals surface area contributed by atoms with Gasteiger partial charge in [-0.25, -0.2) is 15.0 Å². The lowest BCUT2D eigenvalue weighted by atomic mass is 10.2. The number of nitrogen functional groups attached to an aromatic ring is 1. The van der Waals surface area contributed by atoms with Crippen molar-refractivity contribution in [3.63, 3.8) is 0 Å². The second-order valence-electron chi connectivity index (χ2n) is 4.06. The Hall–Kier alpha value is -1.34. The number of imidazole rings is 1. The van der Waals surface area contributed by atoms with Gasteiger partial charge in [0.05, 0.1) is 18.3 Å². The van der Waals surface area contributed by atoms with Gasteiger partial charge in [-0.2, -0.15) is 0 Å². The summed E-state index contributed by atoms with van der Waals surface area (Å²) < 4.78 is 2.02. The summed E-state index contributed by atoms with van der Waals surface area (Å²) in [6.07, 6.45) is 5.25. The Morgan fingerprint density at radius 1 is 1.41 bits per heavy atom. The van der Waals surface area contributed by atoms with Gasteiger partial charge >= 0.3 is 0 Å². The van der Waals surface area contributed by atoms with E-state index in [2.05, 4.69) is 15.0 Å². The Bertz CT molecular complexity index is 542. The molecule has 2 atom stereocenters. The number of anilines is 1. The molecule has 0 saturated carbocycles. The highest BCUT2D eigenvalue weighted by molar-refractivity contribution is 8.00. The van der Waals surface area contributed by atoms with Crippen LogP contribution in [0.2, 0.25) is 0 Å². The Morgan fingerprint density at radius 3 is 3.06 bits per heavy atom. The molecule has 1 saturated heterocycles. The summed E-state index contributed by atoms with van der Waals surface area (Å²) in [5, 5.41) is 9.75. The van der Waals surface area contributed by atoms with Crippen molar-refractivity contribution in [3.8, 4) is 0 Å². The van der Waals surface area contributed by atoms with E-state index in [1.165, 1.54) is 6.33 Å². The van der Waals surface area contributed by atoms with Crippen LogP contribution < -0.4 is 5.73 Å². The van der Waals surface area contributed by atoms with Crippen LogP contribution in [0.1, 0.15) is 18.2 Å². The quantitative estimate of drug-likeness (QED) is 0.820. The fourth-order valence-corrected chi connectivity index (χ4v) is 3.47. The van der Waals surface area contributed by atoms with Crippen molar-refractivity contribution < 1.29 is 5.11 Å². The predicted octanol–water partition coefficient (Wildman–Crippen LogP) is 0.795. The maximum atomic E-state index is 9.15. The van der Waals surface area contributed by atoms with Crippen LogP contribution in [0.5, 0.6) is 0 Å². The van der Waals surface area contributed by atoms with Crippen LogP contribution in [0, 0.1) is 0 Å². The normalized spacial score (nSPS) is 24.5. The minimum Gasteiger partial charge on any atom is -0.395 e. The highest BCUT2D eigenvalue weighted by atomic mass is 32.2. The van der Waals surface area contributed by atoms with Crippen molar-refractivity contribution in [2.24, 2.45) is 0 Å². The Kier molecular flexibility index (Phi) is 2.64. The summed E-state index contributed by atoms with van der Waals surface area (Å²) in [6, 6.07) is 0. The molecule has 1 aliphatic heterocycles. The largest absolute Gasteiger partial charge is 0.395 e. The summed E-state index contributed by atoms with van der Waals surface area (Å²) in [5.41, 5.74) is 7.17. The summed E-state index contributed by atoms with van der Waals surface area (Å²) in [6.45, 7) is 0.227. The molecule has 90 valence electrons. The molecule has 7 heteroatoms. The van der Waals surface area contributed by atoms with E-state index < -0.39 is 0 Å². The molecule has 2 aromatic heterocycles. The molecular weight excluding hydrogens is 238 g/mol. The number of aliphatic hydroxyl groups is 1. The first kappa shape index (κ1) is 10.8. The second-order valence-corrected chi connectivity index (χ2v) is 5.54.